The van der Waals surface area contributed by atoms with Crippen LogP contribution in [0, 0.1) is 5.92 Å². The van der Waals surface area contributed by atoms with E-state index in [1.54, 1.807) is 0 Å². The molecule has 0 radical (unpaired) electrons. The maximum absolute atomic E-state index is 12.0. The monoisotopic (exact) mass is 404 g/mol. The lowest BCUT2D eigenvalue weighted by atomic mass is 9.90. The van der Waals surface area contributed by atoms with Crippen LogP contribution >= 0.6 is 0 Å². The van der Waals surface area contributed by atoms with Crippen LogP contribution in [0.5, 0.6) is 0 Å². The Hall–Kier alpha value is -1.57. The fourth-order valence-electron chi connectivity index (χ4n) is 3.72. The number of rotatable bonds is 5. The first kappa shape index (κ1) is 21.1. The summed E-state index contributed by atoms with van der Waals surface area (Å²) in [5.41, 5.74) is 0.623. The Morgan fingerprint density at radius 3 is 2.50 bits per heavy atom. The molecule has 158 valence electrons. The quantitative estimate of drug-likeness (QED) is 0.202. The van der Waals surface area contributed by atoms with Crippen LogP contribution in [0.3, 0.4) is 0 Å². The SMILES string of the molecule is COC(=O)C1=COC(OC2OC(CO)C(O)C(O)C2O)C2=C(CO)C(O)CC12. The second-order valence-electron chi connectivity index (χ2n) is 6.81. The van der Waals surface area contributed by atoms with Gasteiger partial charge < -0.3 is 49.6 Å². The summed E-state index contributed by atoms with van der Waals surface area (Å²) >= 11 is 0. The van der Waals surface area contributed by atoms with Crippen molar-refractivity contribution in [1.29, 1.82) is 0 Å². The van der Waals surface area contributed by atoms with Gasteiger partial charge in [-0.25, -0.2) is 4.79 Å². The average molecular weight is 404 g/mol. The predicted octanol–water partition coefficient (Wildman–Crippen LogP) is -3.11. The number of hydrogen-bond donors (Lipinski definition) is 6. The minimum absolute atomic E-state index is 0.101. The van der Waals surface area contributed by atoms with Crippen molar-refractivity contribution < 1.29 is 54.4 Å². The zero-order valence-electron chi connectivity index (χ0n) is 15.0. The Labute approximate surface area is 160 Å². The normalized spacial score (nSPS) is 40.6. The zero-order valence-corrected chi connectivity index (χ0v) is 15.0. The number of aliphatic hydroxyl groups is 6. The Bertz CT molecular complexity index is 657. The third-order valence-electron chi connectivity index (χ3n) is 5.25. The van der Waals surface area contributed by atoms with Gasteiger partial charge in [-0.2, -0.15) is 0 Å². The zero-order chi connectivity index (χ0) is 20.6. The molecule has 1 saturated heterocycles. The van der Waals surface area contributed by atoms with Crippen LogP contribution in [0.2, 0.25) is 0 Å². The maximum atomic E-state index is 12.0. The molecule has 3 rings (SSSR count). The van der Waals surface area contributed by atoms with Crippen LogP contribution in [-0.2, 0) is 23.7 Å². The van der Waals surface area contributed by atoms with E-state index in [1.807, 2.05) is 0 Å². The van der Waals surface area contributed by atoms with Gasteiger partial charge in [0.25, 0.3) is 0 Å². The molecule has 0 bridgehead atoms. The number of esters is 1. The van der Waals surface area contributed by atoms with E-state index in [1.165, 1.54) is 7.11 Å². The highest BCUT2D eigenvalue weighted by Crippen LogP contribution is 2.44. The molecule has 1 fully saturated rings. The van der Waals surface area contributed by atoms with Crippen molar-refractivity contribution in [2.24, 2.45) is 5.92 Å². The molecule has 0 amide bonds. The van der Waals surface area contributed by atoms with Gasteiger partial charge in [-0.1, -0.05) is 0 Å². The Kier molecular flexibility index (Phi) is 6.37. The van der Waals surface area contributed by atoms with Gasteiger partial charge >= 0.3 is 5.97 Å². The molecule has 11 heteroatoms. The lowest BCUT2D eigenvalue weighted by molar-refractivity contribution is -0.327. The molecule has 6 N–H and O–H groups in total. The first-order valence-corrected chi connectivity index (χ1v) is 8.75. The lowest BCUT2D eigenvalue weighted by Crippen LogP contribution is -2.60. The van der Waals surface area contributed by atoms with E-state index in [9.17, 15) is 35.4 Å². The van der Waals surface area contributed by atoms with Crippen molar-refractivity contribution in [2.45, 2.75) is 49.5 Å². The van der Waals surface area contributed by atoms with E-state index in [2.05, 4.69) is 0 Å². The highest BCUT2D eigenvalue weighted by molar-refractivity contribution is 5.90. The van der Waals surface area contributed by atoms with E-state index < -0.39 is 68.2 Å². The molecule has 0 saturated carbocycles. The molecule has 0 aromatic rings. The molecule has 2 heterocycles. The topological polar surface area (TPSA) is 175 Å². The molecule has 11 nitrogen and oxygen atoms in total. The molecular formula is C17H24O11. The van der Waals surface area contributed by atoms with Gasteiger partial charge in [0.15, 0.2) is 6.29 Å². The van der Waals surface area contributed by atoms with Crippen molar-refractivity contribution in [1.82, 2.24) is 0 Å². The standard InChI is InChI=1S/C17H24O11/c1-25-15(24)8-5-26-16(11-6(8)2-9(20)7(11)3-18)28-17-14(23)13(22)12(21)10(4-19)27-17/h5-6,9-10,12-14,16-23H,2-4H2,1H3. The van der Waals surface area contributed by atoms with E-state index in [-0.39, 0.29) is 23.1 Å². The van der Waals surface area contributed by atoms with Crippen molar-refractivity contribution in [3.63, 3.8) is 0 Å². The fraction of sp³-hybridized carbons (Fsp3) is 0.706. The van der Waals surface area contributed by atoms with Crippen molar-refractivity contribution in [3.05, 3.63) is 23.0 Å². The lowest BCUT2D eigenvalue weighted by Gasteiger charge is -2.41. The molecule has 8 unspecified atom stereocenters. The molecule has 28 heavy (non-hydrogen) atoms. The highest BCUT2D eigenvalue weighted by Gasteiger charge is 2.49. The van der Waals surface area contributed by atoms with Gasteiger partial charge in [0, 0.05) is 11.5 Å². The van der Waals surface area contributed by atoms with Crippen molar-refractivity contribution in [2.75, 3.05) is 20.3 Å². The molecule has 0 aromatic carbocycles. The summed E-state index contributed by atoms with van der Waals surface area (Å²) in [6, 6.07) is 0. The Morgan fingerprint density at radius 1 is 1.18 bits per heavy atom. The first-order valence-electron chi connectivity index (χ1n) is 8.75. The molecule has 0 aromatic heterocycles. The molecule has 1 aliphatic carbocycles. The van der Waals surface area contributed by atoms with Gasteiger partial charge in [-0.3, -0.25) is 0 Å². The summed E-state index contributed by atoms with van der Waals surface area (Å²) in [4.78, 5) is 12.0. The van der Waals surface area contributed by atoms with E-state index in [4.69, 9.17) is 18.9 Å². The minimum atomic E-state index is -1.66. The molecular weight excluding hydrogens is 380 g/mol. The summed E-state index contributed by atoms with van der Waals surface area (Å²) < 4.78 is 21.0. The van der Waals surface area contributed by atoms with E-state index >= 15 is 0 Å². The number of methoxy groups -OCH3 is 1. The van der Waals surface area contributed by atoms with Crippen molar-refractivity contribution >= 4 is 5.97 Å². The van der Waals surface area contributed by atoms with Gasteiger partial charge in [-0.05, 0) is 12.0 Å². The largest absolute Gasteiger partial charge is 0.468 e. The van der Waals surface area contributed by atoms with E-state index in [0.29, 0.717) is 0 Å². The van der Waals surface area contributed by atoms with Crippen LogP contribution in [0.4, 0.5) is 0 Å². The second-order valence-corrected chi connectivity index (χ2v) is 6.81. The number of carbonyl (C=O) groups excluding carboxylic acids is 1. The van der Waals surface area contributed by atoms with Crippen LogP contribution in [0.15, 0.2) is 23.0 Å². The molecule has 8 atom stereocenters. The molecule has 3 aliphatic rings. The second kappa shape index (κ2) is 8.43. The Morgan fingerprint density at radius 2 is 1.89 bits per heavy atom. The van der Waals surface area contributed by atoms with Crippen LogP contribution < -0.4 is 0 Å². The number of aliphatic hydroxyl groups excluding tert-OH is 6. The fourth-order valence-corrected chi connectivity index (χ4v) is 3.72. The third-order valence-corrected chi connectivity index (χ3v) is 5.25. The predicted molar refractivity (Wildman–Crippen MR) is 88.0 cm³/mol. The summed E-state index contributed by atoms with van der Waals surface area (Å²) in [5.74, 6) is -1.31. The Balaban J connectivity index is 1.88. The number of ether oxygens (including phenoxy) is 4. The highest BCUT2D eigenvalue weighted by atomic mass is 16.8. The number of fused-ring (bicyclic) bond motifs is 1. The van der Waals surface area contributed by atoms with Gasteiger partial charge in [0.1, 0.15) is 24.4 Å². The summed E-state index contributed by atoms with van der Waals surface area (Å²) in [6.45, 7) is -1.14. The third kappa shape index (κ3) is 3.55. The minimum Gasteiger partial charge on any atom is -0.468 e. The maximum Gasteiger partial charge on any atom is 0.337 e. The van der Waals surface area contributed by atoms with E-state index in [0.717, 1.165) is 6.26 Å². The van der Waals surface area contributed by atoms with Gasteiger partial charge in [0.2, 0.25) is 6.29 Å². The smallest absolute Gasteiger partial charge is 0.337 e. The summed E-state index contributed by atoms with van der Waals surface area (Å²) in [5, 5.41) is 59.0. The van der Waals surface area contributed by atoms with Crippen LogP contribution in [0.25, 0.3) is 0 Å². The number of hydrogen-bond acceptors (Lipinski definition) is 11. The first-order chi connectivity index (χ1) is 13.3. The van der Waals surface area contributed by atoms with Crippen LogP contribution in [0.1, 0.15) is 6.42 Å². The van der Waals surface area contributed by atoms with Crippen molar-refractivity contribution in [3.8, 4) is 0 Å². The number of carbonyl (C=O) groups is 1. The average Bonchev–Trinajstić information content (AvgIpc) is 3.04. The summed E-state index contributed by atoms with van der Waals surface area (Å²) in [6.07, 6.45) is -8.59. The summed E-state index contributed by atoms with van der Waals surface area (Å²) in [7, 11) is 1.20. The molecule has 2 aliphatic heterocycles. The van der Waals surface area contributed by atoms with Gasteiger partial charge in [0.05, 0.1) is 38.3 Å². The molecule has 0 spiro atoms. The van der Waals surface area contributed by atoms with Gasteiger partial charge in [-0.15, -0.1) is 0 Å². The van der Waals surface area contributed by atoms with Crippen LogP contribution in [-0.4, -0.2) is 100 Å².